The van der Waals surface area contributed by atoms with Gasteiger partial charge in [0.25, 0.3) is 0 Å². The third kappa shape index (κ3) is 5.10. The summed E-state index contributed by atoms with van der Waals surface area (Å²) in [5.74, 6) is 1.67. The van der Waals surface area contributed by atoms with E-state index in [1.165, 1.54) is 10.4 Å². The van der Waals surface area contributed by atoms with Crippen molar-refractivity contribution in [1.82, 2.24) is 4.90 Å². The minimum atomic E-state index is 0.247. The number of nitrogens with zero attached hydrogens (tertiary/aromatic N) is 1. The van der Waals surface area contributed by atoms with Crippen LogP contribution in [0, 0.1) is 0 Å². The number of thiophene rings is 1. The monoisotopic (exact) mass is 361 g/mol. The van der Waals surface area contributed by atoms with Crippen molar-refractivity contribution in [3.63, 3.8) is 0 Å². The van der Waals surface area contributed by atoms with Crippen LogP contribution in [0.3, 0.4) is 0 Å². The molecule has 3 nitrogen and oxygen atoms in total. The molecule has 2 heterocycles. The molecule has 0 aliphatic carbocycles. The Morgan fingerprint density at radius 3 is 2.67 bits per heavy atom. The number of rotatable bonds is 7. The highest BCUT2D eigenvalue weighted by molar-refractivity contribution is 7.99. The zero-order valence-electron chi connectivity index (χ0n) is 13.7. The maximum Gasteiger partial charge on any atom is 0.233 e. The molecule has 0 N–H and O–H groups in total. The molecule has 0 spiro atoms. The van der Waals surface area contributed by atoms with Crippen LogP contribution < -0.4 is 0 Å². The highest BCUT2D eigenvalue weighted by atomic mass is 32.2. The molecule has 1 aromatic carbocycles. The normalized spacial score (nSPS) is 15.3. The van der Waals surface area contributed by atoms with E-state index >= 15 is 0 Å². The Morgan fingerprint density at radius 2 is 1.96 bits per heavy atom. The second-order valence-electron chi connectivity index (χ2n) is 5.92. The number of amides is 1. The molecule has 0 radical (unpaired) electrons. The molecule has 2 aromatic rings. The van der Waals surface area contributed by atoms with Crippen molar-refractivity contribution >= 4 is 29.0 Å². The highest BCUT2D eigenvalue weighted by Crippen LogP contribution is 2.22. The van der Waals surface area contributed by atoms with Crippen LogP contribution in [0.2, 0.25) is 0 Å². The average molecular weight is 362 g/mol. The van der Waals surface area contributed by atoms with Gasteiger partial charge in [-0.1, -0.05) is 36.4 Å². The van der Waals surface area contributed by atoms with E-state index in [0.29, 0.717) is 11.8 Å². The van der Waals surface area contributed by atoms with E-state index < -0.39 is 0 Å². The molecule has 1 aromatic heterocycles. The Bertz CT molecular complexity index is 610. The van der Waals surface area contributed by atoms with Crippen molar-refractivity contribution < 1.29 is 9.53 Å². The first-order chi connectivity index (χ1) is 11.8. The van der Waals surface area contributed by atoms with Crippen molar-refractivity contribution in [2.24, 2.45) is 0 Å². The van der Waals surface area contributed by atoms with E-state index in [-0.39, 0.29) is 5.91 Å². The smallest absolute Gasteiger partial charge is 0.233 e. The predicted octanol–water partition coefficient (Wildman–Crippen LogP) is 4.19. The first kappa shape index (κ1) is 17.5. The van der Waals surface area contributed by atoms with E-state index in [2.05, 4.69) is 34.5 Å². The molecule has 128 valence electrons. The summed E-state index contributed by atoms with van der Waals surface area (Å²) in [6.07, 6.45) is 1.89. The van der Waals surface area contributed by atoms with Crippen LogP contribution >= 0.6 is 23.1 Å². The summed E-state index contributed by atoms with van der Waals surface area (Å²) in [5, 5.41) is 2.08. The predicted molar refractivity (Wildman–Crippen MR) is 101 cm³/mol. The second kappa shape index (κ2) is 9.25. The Labute approximate surface area is 152 Å². The standard InChI is InChI=1S/C19H23NO2S2/c21-19(15-23-14-16-5-2-1-3-6-16)20(13-18-7-4-12-24-18)17-8-10-22-11-9-17/h1-7,12,17H,8-11,13-15H2. The van der Waals surface area contributed by atoms with Crippen molar-refractivity contribution in [2.75, 3.05) is 19.0 Å². The molecule has 1 fully saturated rings. The average Bonchev–Trinajstić information content (AvgIpc) is 3.14. The summed E-state index contributed by atoms with van der Waals surface area (Å²) < 4.78 is 5.46. The van der Waals surface area contributed by atoms with Gasteiger partial charge < -0.3 is 9.64 Å². The Balaban J connectivity index is 1.57. The third-order valence-electron chi connectivity index (χ3n) is 4.20. The van der Waals surface area contributed by atoms with Crippen LogP contribution in [-0.4, -0.2) is 35.8 Å². The van der Waals surface area contributed by atoms with Gasteiger partial charge in [0.1, 0.15) is 0 Å². The van der Waals surface area contributed by atoms with Gasteiger partial charge in [-0.2, -0.15) is 0 Å². The molecule has 5 heteroatoms. The van der Waals surface area contributed by atoms with Crippen LogP contribution in [0.15, 0.2) is 47.8 Å². The molecule has 0 bridgehead atoms. The number of carbonyl (C=O) groups excluding carboxylic acids is 1. The fraction of sp³-hybridized carbons (Fsp3) is 0.421. The number of carbonyl (C=O) groups is 1. The fourth-order valence-electron chi connectivity index (χ4n) is 2.90. The molecule has 3 rings (SSSR count). The Kier molecular flexibility index (Phi) is 6.75. The molecule has 1 saturated heterocycles. The number of benzene rings is 1. The second-order valence-corrected chi connectivity index (χ2v) is 7.94. The lowest BCUT2D eigenvalue weighted by molar-refractivity contribution is -0.133. The molecule has 1 amide bonds. The van der Waals surface area contributed by atoms with Gasteiger partial charge in [0, 0.05) is 29.9 Å². The van der Waals surface area contributed by atoms with Gasteiger partial charge in [-0.05, 0) is 29.9 Å². The summed E-state index contributed by atoms with van der Waals surface area (Å²) >= 11 is 3.42. The molecule has 0 atom stereocenters. The van der Waals surface area contributed by atoms with Crippen LogP contribution in [0.5, 0.6) is 0 Å². The third-order valence-corrected chi connectivity index (χ3v) is 6.04. The maximum atomic E-state index is 12.8. The fourth-order valence-corrected chi connectivity index (χ4v) is 4.47. The van der Waals surface area contributed by atoms with Crippen LogP contribution in [0.25, 0.3) is 0 Å². The quantitative estimate of drug-likeness (QED) is 0.741. The molecular weight excluding hydrogens is 338 g/mol. The molecule has 0 unspecified atom stereocenters. The van der Waals surface area contributed by atoms with Crippen molar-refractivity contribution in [1.29, 1.82) is 0 Å². The molecule has 1 aliphatic heterocycles. The van der Waals surface area contributed by atoms with Gasteiger partial charge in [-0.15, -0.1) is 23.1 Å². The van der Waals surface area contributed by atoms with Crippen LogP contribution in [0.1, 0.15) is 23.3 Å². The number of hydrogen-bond acceptors (Lipinski definition) is 4. The van der Waals surface area contributed by atoms with Gasteiger partial charge in [-0.25, -0.2) is 0 Å². The SMILES string of the molecule is O=C(CSCc1ccccc1)N(Cc1cccs1)C1CCOCC1. The van der Waals surface area contributed by atoms with Crippen LogP contribution in [0.4, 0.5) is 0 Å². The summed E-state index contributed by atoms with van der Waals surface area (Å²) in [6.45, 7) is 2.25. The van der Waals surface area contributed by atoms with E-state index in [0.717, 1.165) is 38.4 Å². The Hall–Kier alpha value is -1.30. The largest absolute Gasteiger partial charge is 0.381 e. The molecule has 24 heavy (non-hydrogen) atoms. The van der Waals surface area contributed by atoms with Crippen molar-refractivity contribution in [3.05, 3.63) is 58.3 Å². The van der Waals surface area contributed by atoms with Crippen molar-refractivity contribution in [2.45, 2.75) is 31.2 Å². The topological polar surface area (TPSA) is 29.5 Å². The van der Waals surface area contributed by atoms with Gasteiger partial charge >= 0.3 is 0 Å². The minimum absolute atomic E-state index is 0.247. The van der Waals surface area contributed by atoms with E-state index in [9.17, 15) is 4.79 Å². The highest BCUT2D eigenvalue weighted by Gasteiger charge is 2.26. The zero-order chi connectivity index (χ0) is 16.6. The lowest BCUT2D eigenvalue weighted by Gasteiger charge is -2.34. The minimum Gasteiger partial charge on any atom is -0.381 e. The van der Waals surface area contributed by atoms with Crippen LogP contribution in [-0.2, 0) is 21.8 Å². The molecule has 0 saturated carbocycles. The number of ether oxygens (including phenoxy) is 1. The lowest BCUT2D eigenvalue weighted by Crippen LogP contribution is -2.43. The summed E-state index contributed by atoms with van der Waals surface area (Å²) in [7, 11) is 0. The van der Waals surface area contributed by atoms with Crippen molar-refractivity contribution in [3.8, 4) is 0 Å². The van der Waals surface area contributed by atoms with E-state index in [1.807, 2.05) is 18.2 Å². The summed E-state index contributed by atoms with van der Waals surface area (Å²) in [6, 6.07) is 14.8. The number of thioether (sulfide) groups is 1. The summed E-state index contributed by atoms with van der Waals surface area (Å²) in [5.41, 5.74) is 1.27. The van der Waals surface area contributed by atoms with Gasteiger partial charge in [0.2, 0.25) is 5.91 Å². The van der Waals surface area contributed by atoms with Gasteiger partial charge in [0.05, 0.1) is 12.3 Å². The van der Waals surface area contributed by atoms with E-state index in [4.69, 9.17) is 4.74 Å². The lowest BCUT2D eigenvalue weighted by atomic mass is 10.1. The maximum absolute atomic E-state index is 12.8. The first-order valence-electron chi connectivity index (χ1n) is 8.34. The first-order valence-corrected chi connectivity index (χ1v) is 10.4. The molecular formula is C19H23NO2S2. The Morgan fingerprint density at radius 1 is 1.17 bits per heavy atom. The van der Waals surface area contributed by atoms with E-state index in [1.54, 1.807) is 23.1 Å². The number of hydrogen-bond donors (Lipinski definition) is 0. The summed E-state index contributed by atoms with van der Waals surface area (Å²) in [4.78, 5) is 16.2. The van der Waals surface area contributed by atoms with Gasteiger partial charge in [-0.3, -0.25) is 4.79 Å². The zero-order valence-corrected chi connectivity index (χ0v) is 15.4. The van der Waals surface area contributed by atoms with Gasteiger partial charge in [0.15, 0.2) is 0 Å². The molecule has 1 aliphatic rings.